The number of hydrogen-bond donors (Lipinski definition) is 1. The van der Waals surface area contributed by atoms with Gasteiger partial charge in [0, 0.05) is 30.8 Å². The van der Waals surface area contributed by atoms with Crippen molar-refractivity contribution in [3.63, 3.8) is 0 Å². The summed E-state index contributed by atoms with van der Waals surface area (Å²) >= 11 is 0. The lowest BCUT2D eigenvalue weighted by atomic mass is 10.2. The predicted molar refractivity (Wildman–Crippen MR) is 80.4 cm³/mol. The Kier molecular flexibility index (Phi) is 3.11. The molecule has 7 nitrogen and oxygen atoms in total. The number of nitrogens with zero attached hydrogens (tertiary/aromatic N) is 5. The first-order chi connectivity index (χ1) is 10.6. The summed E-state index contributed by atoms with van der Waals surface area (Å²) in [4.78, 5) is 21.3. The number of nitrogens with one attached hydrogen (secondary N) is 1. The van der Waals surface area contributed by atoms with Crippen LogP contribution in [0.15, 0.2) is 10.9 Å². The highest BCUT2D eigenvalue weighted by Crippen LogP contribution is 2.39. The van der Waals surface area contributed by atoms with Gasteiger partial charge in [-0.05, 0) is 26.7 Å². The van der Waals surface area contributed by atoms with Crippen LogP contribution < -0.4 is 5.56 Å². The van der Waals surface area contributed by atoms with Crippen molar-refractivity contribution in [2.75, 3.05) is 6.54 Å². The van der Waals surface area contributed by atoms with Crippen LogP contribution in [-0.2, 0) is 13.1 Å². The van der Waals surface area contributed by atoms with E-state index in [0.717, 1.165) is 42.8 Å². The molecule has 0 spiro atoms. The van der Waals surface area contributed by atoms with Gasteiger partial charge >= 0.3 is 0 Å². The molecule has 116 valence electrons. The normalized spacial score (nSPS) is 19.9. The minimum atomic E-state index is -0.0921. The van der Waals surface area contributed by atoms with E-state index in [1.54, 1.807) is 0 Å². The van der Waals surface area contributed by atoms with E-state index in [2.05, 4.69) is 36.6 Å². The number of rotatable bonds is 3. The van der Waals surface area contributed by atoms with Crippen LogP contribution in [0, 0.1) is 6.92 Å². The lowest BCUT2D eigenvalue weighted by Gasteiger charge is -2.32. The van der Waals surface area contributed by atoms with E-state index in [4.69, 9.17) is 0 Å². The highest BCUT2D eigenvalue weighted by Gasteiger charge is 2.33. The van der Waals surface area contributed by atoms with E-state index in [1.807, 2.05) is 6.92 Å². The van der Waals surface area contributed by atoms with Crippen molar-refractivity contribution >= 4 is 0 Å². The second-order valence-electron chi connectivity index (χ2n) is 6.32. The van der Waals surface area contributed by atoms with Crippen molar-refractivity contribution in [1.82, 2.24) is 29.6 Å². The third-order valence-corrected chi connectivity index (χ3v) is 4.59. The second-order valence-corrected chi connectivity index (χ2v) is 6.32. The van der Waals surface area contributed by atoms with E-state index in [9.17, 15) is 4.79 Å². The number of aromatic nitrogens is 5. The molecule has 7 heteroatoms. The molecule has 2 aromatic heterocycles. The van der Waals surface area contributed by atoms with Gasteiger partial charge in [-0.25, -0.2) is 4.98 Å². The standard InChI is InChI=1S/C15H20N6O/c1-9-7-13(22)17-14(16-9)10(2)20-5-6-21-12(8-20)18-19-15(21)11-3-4-11/h7,10-11H,3-6,8H2,1-2H3,(H,16,17,22). The molecule has 0 amide bonds. The fourth-order valence-electron chi connectivity index (χ4n) is 3.15. The minimum Gasteiger partial charge on any atom is -0.312 e. The van der Waals surface area contributed by atoms with Crippen LogP contribution in [0.1, 0.15) is 54.9 Å². The van der Waals surface area contributed by atoms with E-state index >= 15 is 0 Å². The topological polar surface area (TPSA) is 79.7 Å². The largest absolute Gasteiger partial charge is 0.312 e. The lowest BCUT2D eigenvalue weighted by molar-refractivity contribution is 0.156. The predicted octanol–water partition coefficient (Wildman–Crippen LogP) is 1.12. The molecule has 0 saturated heterocycles. The SMILES string of the molecule is Cc1cc(=O)[nH]c(C(C)N2CCn3c(nnc3C3CC3)C2)n1. The molecule has 1 aliphatic carbocycles. The molecule has 1 atom stereocenters. The Morgan fingerprint density at radius 3 is 2.86 bits per heavy atom. The van der Waals surface area contributed by atoms with Crippen molar-refractivity contribution in [3.8, 4) is 0 Å². The summed E-state index contributed by atoms with van der Waals surface area (Å²) < 4.78 is 2.27. The number of aryl methyl sites for hydroxylation is 1. The highest BCUT2D eigenvalue weighted by atomic mass is 16.1. The monoisotopic (exact) mass is 300 g/mol. The van der Waals surface area contributed by atoms with Crippen LogP contribution in [0.25, 0.3) is 0 Å². The smallest absolute Gasteiger partial charge is 0.251 e. The molecule has 2 aromatic rings. The molecule has 1 N–H and O–H groups in total. The van der Waals surface area contributed by atoms with Gasteiger partial charge < -0.3 is 9.55 Å². The first kappa shape index (κ1) is 13.6. The lowest BCUT2D eigenvalue weighted by Crippen LogP contribution is -2.37. The molecule has 0 bridgehead atoms. The van der Waals surface area contributed by atoms with Gasteiger partial charge in [0.05, 0.1) is 12.6 Å². The van der Waals surface area contributed by atoms with Gasteiger partial charge in [-0.15, -0.1) is 10.2 Å². The summed E-state index contributed by atoms with van der Waals surface area (Å²) in [6.07, 6.45) is 2.49. The van der Waals surface area contributed by atoms with Gasteiger partial charge in [-0.2, -0.15) is 0 Å². The Bertz CT molecular complexity index is 760. The zero-order valence-corrected chi connectivity index (χ0v) is 12.9. The highest BCUT2D eigenvalue weighted by molar-refractivity contribution is 5.11. The number of fused-ring (bicyclic) bond motifs is 1. The molecule has 1 aliphatic heterocycles. The second kappa shape index (κ2) is 5.01. The van der Waals surface area contributed by atoms with E-state index in [0.29, 0.717) is 5.92 Å². The average molecular weight is 300 g/mol. The third-order valence-electron chi connectivity index (χ3n) is 4.59. The minimum absolute atomic E-state index is 0.0578. The summed E-state index contributed by atoms with van der Waals surface area (Å²) in [7, 11) is 0. The summed E-state index contributed by atoms with van der Waals surface area (Å²) in [6, 6.07) is 1.58. The fraction of sp³-hybridized carbons (Fsp3) is 0.600. The maximum atomic E-state index is 11.6. The number of hydrogen-bond acceptors (Lipinski definition) is 5. The summed E-state index contributed by atoms with van der Waals surface area (Å²) in [5.41, 5.74) is 0.660. The molecular weight excluding hydrogens is 280 g/mol. The molecule has 2 aliphatic rings. The maximum Gasteiger partial charge on any atom is 0.251 e. The molecule has 1 fully saturated rings. The first-order valence-corrected chi connectivity index (χ1v) is 7.85. The van der Waals surface area contributed by atoms with Gasteiger partial charge in [0.15, 0.2) is 0 Å². The quantitative estimate of drug-likeness (QED) is 0.919. The Morgan fingerprint density at radius 2 is 2.14 bits per heavy atom. The Morgan fingerprint density at radius 1 is 1.32 bits per heavy atom. The van der Waals surface area contributed by atoms with Crippen molar-refractivity contribution in [3.05, 3.63) is 39.6 Å². The van der Waals surface area contributed by atoms with Gasteiger partial charge in [-0.3, -0.25) is 9.69 Å². The van der Waals surface area contributed by atoms with Crippen LogP contribution in [0.5, 0.6) is 0 Å². The zero-order valence-electron chi connectivity index (χ0n) is 12.9. The van der Waals surface area contributed by atoms with Crippen molar-refractivity contribution in [2.45, 2.75) is 51.7 Å². The molecule has 0 radical (unpaired) electrons. The van der Waals surface area contributed by atoms with Crippen molar-refractivity contribution in [1.29, 1.82) is 0 Å². The van der Waals surface area contributed by atoms with E-state index in [1.165, 1.54) is 18.9 Å². The van der Waals surface area contributed by atoms with Crippen LogP contribution in [0.4, 0.5) is 0 Å². The van der Waals surface area contributed by atoms with Crippen molar-refractivity contribution in [2.24, 2.45) is 0 Å². The van der Waals surface area contributed by atoms with Crippen LogP contribution in [-0.4, -0.2) is 36.2 Å². The molecule has 1 saturated carbocycles. The average Bonchev–Trinajstić information content (AvgIpc) is 3.24. The van der Waals surface area contributed by atoms with E-state index in [-0.39, 0.29) is 11.6 Å². The van der Waals surface area contributed by atoms with Gasteiger partial charge in [0.2, 0.25) is 0 Å². The Labute approximate surface area is 128 Å². The fourth-order valence-corrected chi connectivity index (χ4v) is 3.15. The van der Waals surface area contributed by atoms with Gasteiger partial charge in [-0.1, -0.05) is 0 Å². The number of H-pyrrole nitrogens is 1. The molecule has 1 unspecified atom stereocenters. The zero-order chi connectivity index (χ0) is 15.3. The third kappa shape index (κ3) is 2.35. The summed E-state index contributed by atoms with van der Waals surface area (Å²) in [6.45, 7) is 6.50. The molecule has 22 heavy (non-hydrogen) atoms. The molecule has 0 aromatic carbocycles. The maximum absolute atomic E-state index is 11.6. The Hall–Kier alpha value is -2.02. The Balaban J connectivity index is 1.57. The first-order valence-electron chi connectivity index (χ1n) is 7.85. The van der Waals surface area contributed by atoms with E-state index < -0.39 is 0 Å². The summed E-state index contributed by atoms with van der Waals surface area (Å²) in [5, 5.41) is 8.73. The number of aromatic amines is 1. The molecular formula is C15H20N6O. The summed E-state index contributed by atoms with van der Waals surface area (Å²) in [5.74, 6) is 3.53. The van der Waals surface area contributed by atoms with Gasteiger partial charge in [0.25, 0.3) is 5.56 Å². The van der Waals surface area contributed by atoms with Crippen LogP contribution in [0.3, 0.4) is 0 Å². The van der Waals surface area contributed by atoms with Crippen molar-refractivity contribution < 1.29 is 0 Å². The van der Waals surface area contributed by atoms with Gasteiger partial charge in [0.1, 0.15) is 17.5 Å². The van der Waals surface area contributed by atoms with Crippen LogP contribution >= 0.6 is 0 Å². The van der Waals surface area contributed by atoms with Crippen LogP contribution in [0.2, 0.25) is 0 Å². The molecule has 4 rings (SSSR count). The molecule has 3 heterocycles.